The Hall–Kier alpha value is -1.92. The third-order valence-electron chi connectivity index (χ3n) is 2.41. The first-order valence-electron chi connectivity index (χ1n) is 5.85. The zero-order chi connectivity index (χ0) is 14.3. The fourth-order valence-electron chi connectivity index (χ4n) is 1.43. The molecule has 2 amide bonds. The number of Topliss-reactive ketones (excluding diaryl/α,β-unsaturated/α-hetero) is 1. The highest BCUT2D eigenvalue weighted by atomic mass is 16.5. The van der Waals surface area contributed by atoms with Gasteiger partial charge >= 0.3 is 6.03 Å². The number of methoxy groups -OCH3 is 1. The third kappa shape index (κ3) is 5.50. The minimum atomic E-state index is -0.740. The molecular weight excluding hydrogens is 248 g/mol. The second-order valence-corrected chi connectivity index (χ2v) is 4.08. The summed E-state index contributed by atoms with van der Waals surface area (Å²) in [6.45, 7) is 1.74. The van der Waals surface area contributed by atoms with Gasteiger partial charge in [-0.1, -0.05) is 0 Å². The molecule has 0 radical (unpaired) electrons. The van der Waals surface area contributed by atoms with E-state index in [1.165, 1.54) is 14.0 Å². The molecule has 1 atom stereocenters. The number of amides is 2. The molecule has 0 aromatic heterocycles. The molecule has 6 heteroatoms. The van der Waals surface area contributed by atoms with E-state index < -0.39 is 12.1 Å². The van der Waals surface area contributed by atoms with E-state index in [2.05, 4.69) is 10.6 Å². The van der Waals surface area contributed by atoms with Crippen LogP contribution in [0.15, 0.2) is 24.3 Å². The summed E-state index contributed by atoms with van der Waals surface area (Å²) in [7, 11) is 1.47. The van der Waals surface area contributed by atoms with Crippen molar-refractivity contribution in [1.29, 1.82) is 0 Å². The molecule has 104 valence electrons. The molecule has 0 aliphatic heterocycles. The van der Waals surface area contributed by atoms with Gasteiger partial charge in [0.25, 0.3) is 0 Å². The van der Waals surface area contributed by atoms with Gasteiger partial charge in [0.2, 0.25) is 0 Å². The predicted octanol–water partition coefficient (Wildman–Crippen LogP) is 1.02. The van der Waals surface area contributed by atoms with E-state index in [1.807, 2.05) is 0 Å². The lowest BCUT2D eigenvalue weighted by molar-refractivity contribution is 0.0663. The largest absolute Gasteiger partial charge is 0.389 e. The first-order valence-corrected chi connectivity index (χ1v) is 5.85. The Bertz CT molecular complexity index is 431. The summed E-state index contributed by atoms with van der Waals surface area (Å²) in [4.78, 5) is 22.6. The molecule has 0 aliphatic rings. The monoisotopic (exact) mass is 266 g/mol. The molecule has 0 bridgehead atoms. The van der Waals surface area contributed by atoms with Gasteiger partial charge < -0.3 is 20.5 Å². The zero-order valence-electron chi connectivity index (χ0n) is 11.0. The number of nitrogens with one attached hydrogen (secondary N) is 2. The Kier molecular flexibility index (Phi) is 5.98. The number of carbonyl (C=O) groups excluding carboxylic acids is 2. The lowest BCUT2D eigenvalue weighted by atomic mass is 10.1. The fourth-order valence-corrected chi connectivity index (χ4v) is 1.43. The number of carbonyl (C=O) groups is 2. The van der Waals surface area contributed by atoms with E-state index in [0.29, 0.717) is 11.3 Å². The van der Waals surface area contributed by atoms with Gasteiger partial charge in [0.1, 0.15) is 0 Å². The molecule has 0 aliphatic carbocycles. The lowest BCUT2D eigenvalue weighted by Crippen LogP contribution is -2.36. The maximum Gasteiger partial charge on any atom is 0.319 e. The second-order valence-electron chi connectivity index (χ2n) is 4.08. The smallest absolute Gasteiger partial charge is 0.319 e. The van der Waals surface area contributed by atoms with Crippen LogP contribution < -0.4 is 10.6 Å². The molecule has 0 saturated carbocycles. The van der Waals surface area contributed by atoms with Crippen molar-refractivity contribution in [3.05, 3.63) is 29.8 Å². The highest BCUT2D eigenvalue weighted by Gasteiger charge is 2.07. The number of aliphatic hydroxyl groups excluding tert-OH is 1. The van der Waals surface area contributed by atoms with Crippen molar-refractivity contribution in [1.82, 2.24) is 5.32 Å². The van der Waals surface area contributed by atoms with Crippen LogP contribution in [0, 0.1) is 0 Å². The van der Waals surface area contributed by atoms with Crippen LogP contribution in [0.1, 0.15) is 17.3 Å². The summed E-state index contributed by atoms with van der Waals surface area (Å²) in [6, 6.07) is 6.13. The molecule has 6 nitrogen and oxygen atoms in total. The Morgan fingerprint density at radius 2 is 1.95 bits per heavy atom. The van der Waals surface area contributed by atoms with Crippen LogP contribution in [0.2, 0.25) is 0 Å². The van der Waals surface area contributed by atoms with Gasteiger partial charge in [-0.2, -0.15) is 0 Å². The molecule has 1 aromatic rings. The quantitative estimate of drug-likeness (QED) is 0.671. The Labute approximate surface area is 111 Å². The molecule has 0 fully saturated rings. The number of benzene rings is 1. The molecule has 1 aromatic carbocycles. The van der Waals surface area contributed by atoms with Gasteiger partial charge in [-0.3, -0.25) is 4.79 Å². The molecule has 0 spiro atoms. The highest BCUT2D eigenvalue weighted by Crippen LogP contribution is 2.09. The molecule has 1 rings (SSSR count). The van der Waals surface area contributed by atoms with Crippen LogP contribution in [0.3, 0.4) is 0 Å². The Balaban J connectivity index is 2.42. The van der Waals surface area contributed by atoms with Crippen molar-refractivity contribution >= 4 is 17.5 Å². The van der Waals surface area contributed by atoms with Crippen LogP contribution in [-0.4, -0.2) is 43.3 Å². The maximum absolute atomic E-state index is 11.5. The van der Waals surface area contributed by atoms with Gasteiger partial charge in [0, 0.05) is 24.9 Å². The van der Waals surface area contributed by atoms with Crippen LogP contribution >= 0.6 is 0 Å². The fraction of sp³-hybridized carbons (Fsp3) is 0.385. The Morgan fingerprint density at radius 1 is 1.32 bits per heavy atom. The van der Waals surface area contributed by atoms with Crippen LogP contribution in [-0.2, 0) is 4.74 Å². The standard InChI is InChI=1S/C13H18N2O4/c1-9(16)10-3-5-11(6-4-10)15-13(18)14-7-12(17)8-19-2/h3-6,12,17H,7-8H2,1-2H3,(H2,14,15,18). The normalized spacial score (nSPS) is 11.7. The maximum atomic E-state index is 11.5. The first kappa shape index (κ1) is 15.1. The van der Waals surface area contributed by atoms with E-state index in [-0.39, 0.29) is 18.9 Å². The second kappa shape index (κ2) is 7.50. The van der Waals surface area contributed by atoms with Crippen molar-refractivity contribution in [2.45, 2.75) is 13.0 Å². The molecular formula is C13H18N2O4. The summed E-state index contributed by atoms with van der Waals surface area (Å²) in [5.41, 5.74) is 1.16. The minimum Gasteiger partial charge on any atom is -0.389 e. The van der Waals surface area contributed by atoms with Crippen molar-refractivity contribution in [3.63, 3.8) is 0 Å². The molecule has 0 heterocycles. The third-order valence-corrected chi connectivity index (χ3v) is 2.41. The van der Waals surface area contributed by atoms with Crippen LogP contribution in [0.5, 0.6) is 0 Å². The minimum absolute atomic E-state index is 0.0290. The van der Waals surface area contributed by atoms with Gasteiger partial charge in [-0.15, -0.1) is 0 Å². The van der Waals surface area contributed by atoms with Crippen molar-refractivity contribution in [2.24, 2.45) is 0 Å². The molecule has 0 saturated heterocycles. The number of anilines is 1. The average molecular weight is 266 g/mol. The zero-order valence-corrected chi connectivity index (χ0v) is 11.0. The molecule has 19 heavy (non-hydrogen) atoms. The number of urea groups is 1. The van der Waals surface area contributed by atoms with E-state index in [9.17, 15) is 14.7 Å². The van der Waals surface area contributed by atoms with Gasteiger partial charge in [-0.25, -0.2) is 4.79 Å². The number of ether oxygens (including phenoxy) is 1. The summed E-state index contributed by atoms with van der Waals surface area (Å²) in [5.74, 6) is -0.0290. The van der Waals surface area contributed by atoms with E-state index >= 15 is 0 Å². The molecule has 3 N–H and O–H groups in total. The van der Waals surface area contributed by atoms with Crippen molar-refractivity contribution < 1.29 is 19.4 Å². The number of hydrogen-bond donors (Lipinski definition) is 3. The number of ketones is 1. The van der Waals surface area contributed by atoms with Crippen LogP contribution in [0.25, 0.3) is 0 Å². The summed E-state index contributed by atoms with van der Waals surface area (Å²) in [6.07, 6.45) is -0.740. The van der Waals surface area contributed by atoms with Gasteiger partial charge in [0.15, 0.2) is 5.78 Å². The average Bonchev–Trinajstić information content (AvgIpc) is 2.37. The summed E-state index contributed by atoms with van der Waals surface area (Å²) < 4.78 is 4.74. The molecule has 1 unspecified atom stereocenters. The first-order chi connectivity index (χ1) is 9.02. The highest BCUT2D eigenvalue weighted by molar-refractivity contribution is 5.95. The van der Waals surface area contributed by atoms with E-state index in [0.717, 1.165) is 0 Å². The van der Waals surface area contributed by atoms with Crippen molar-refractivity contribution in [3.8, 4) is 0 Å². The van der Waals surface area contributed by atoms with Gasteiger partial charge in [0.05, 0.1) is 12.7 Å². The number of aliphatic hydroxyl groups is 1. The van der Waals surface area contributed by atoms with Gasteiger partial charge in [-0.05, 0) is 31.2 Å². The number of rotatable bonds is 6. The van der Waals surface area contributed by atoms with Crippen LogP contribution in [0.4, 0.5) is 10.5 Å². The topological polar surface area (TPSA) is 87.7 Å². The summed E-state index contributed by atoms with van der Waals surface area (Å²) >= 11 is 0. The summed E-state index contributed by atoms with van der Waals surface area (Å²) in [5, 5.41) is 14.5. The predicted molar refractivity (Wildman–Crippen MR) is 71.4 cm³/mol. The van der Waals surface area contributed by atoms with E-state index in [1.54, 1.807) is 24.3 Å². The Morgan fingerprint density at radius 3 is 2.47 bits per heavy atom. The number of hydrogen-bond acceptors (Lipinski definition) is 4. The SMILES string of the molecule is COCC(O)CNC(=O)Nc1ccc(C(C)=O)cc1. The van der Waals surface area contributed by atoms with E-state index in [4.69, 9.17) is 4.74 Å². The van der Waals surface area contributed by atoms with Crippen molar-refractivity contribution in [2.75, 3.05) is 25.6 Å². The lowest BCUT2D eigenvalue weighted by Gasteiger charge is -2.11.